The summed E-state index contributed by atoms with van der Waals surface area (Å²) in [6, 6.07) is 13.1. The highest BCUT2D eigenvalue weighted by Crippen LogP contribution is 2.23. The van der Waals surface area contributed by atoms with Gasteiger partial charge in [-0.15, -0.1) is 0 Å². The average molecular weight is 284 g/mol. The highest BCUT2D eigenvalue weighted by atomic mass is 16.5. The van der Waals surface area contributed by atoms with E-state index < -0.39 is 0 Å². The van der Waals surface area contributed by atoms with Crippen LogP contribution in [0.1, 0.15) is 15.9 Å². The number of aryl methyl sites for hydroxylation is 1. The lowest BCUT2D eigenvalue weighted by Crippen LogP contribution is -2.26. The molecule has 0 saturated carbocycles. The van der Waals surface area contributed by atoms with Gasteiger partial charge >= 0.3 is 0 Å². The number of benzene rings is 2. The predicted molar refractivity (Wildman–Crippen MR) is 86.5 cm³/mol. The van der Waals surface area contributed by atoms with E-state index >= 15 is 0 Å². The minimum atomic E-state index is -0.0472. The Hall–Kier alpha value is -2.49. The molecule has 1 N–H and O–H groups in total. The Labute approximate surface area is 125 Å². The Bertz CT molecular complexity index is 653. The molecule has 0 unspecified atom stereocenters. The van der Waals surface area contributed by atoms with Crippen LogP contribution in [0, 0.1) is 6.92 Å². The van der Waals surface area contributed by atoms with Crippen LogP contribution in [-0.2, 0) is 0 Å². The number of nitrogens with one attached hydrogen (secondary N) is 1. The Balaban J connectivity index is 2.28. The van der Waals surface area contributed by atoms with Crippen LogP contribution < -0.4 is 15.0 Å². The van der Waals surface area contributed by atoms with Crippen molar-refractivity contribution in [2.24, 2.45) is 0 Å². The number of amides is 1. The van der Waals surface area contributed by atoms with Gasteiger partial charge in [0, 0.05) is 37.1 Å². The van der Waals surface area contributed by atoms with Crippen LogP contribution in [0.25, 0.3) is 0 Å². The molecule has 2 aromatic rings. The van der Waals surface area contributed by atoms with Crippen molar-refractivity contribution in [3.8, 4) is 5.75 Å². The molecule has 0 bridgehead atoms. The maximum atomic E-state index is 12.6. The van der Waals surface area contributed by atoms with Crippen LogP contribution in [0.4, 0.5) is 11.4 Å². The molecule has 0 aromatic heterocycles. The van der Waals surface area contributed by atoms with Crippen LogP contribution in [0.5, 0.6) is 5.75 Å². The van der Waals surface area contributed by atoms with Gasteiger partial charge in [-0.25, -0.2) is 0 Å². The number of ether oxygens (including phenoxy) is 1. The fraction of sp³-hybridized carbons (Fsp3) is 0.235. The topological polar surface area (TPSA) is 41.6 Å². The number of hydrogen-bond donors (Lipinski definition) is 1. The van der Waals surface area contributed by atoms with Gasteiger partial charge in [0.2, 0.25) is 0 Å². The van der Waals surface area contributed by atoms with Crippen LogP contribution in [0.2, 0.25) is 0 Å². The smallest absolute Gasteiger partial charge is 0.258 e. The molecule has 0 aliphatic rings. The second kappa shape index (κ2) is 6.31. The third kappa shape index (κ3) is 3.16. The minimum Gasteiger partial charge on any atom is -0.497 e. The zero-order valence-corrected chi connectivity index (χ0v) is 12.8. The third-order valence-electron chi connectivity index (χ3n) is 3.49. The third-order valence-corrected chi connectivity index (χ3v) is 3.49. The molecular formula is C17H20N2O2. The monoisotopic (exact) mass is 284 g/mol. The molecular weight excluding hydrogens is 264 g/mol. The second-order valence-electron chi connectivity index (χ2n) is 4.85. The molecule has 4 heteroatoms. The molecule has 0 saturated heterocycles. The average Bonchev–Trinajstić information content (AvgIpc) is 2.53. The number of nitrogens with zero attached hydrogens (tertiary/aromatic N) is 1. The summed E-state index contributed by atoms with van der Waals surface area (Å²) in [5, 5.41) is 3.10. The van der Waals surface area contributed by atoms with E-state index in [4.69, 9.17) is 4.74 Å². The Morgan fingerprint density at radius 3 is 2.57 bits per heavy atom. The van der Waals surface area contributed by atoms with Gasteiger partial charge in [0.25, 0.3) is 5.91 Å². The van der Waals surface area contributed by atoms with E-state index in [2.05, 4.69) is 5.32 Å². The summed E-state index contributed by atoms with van der Waals surface area (Å²) in [5.74, 6) is 0.683. The highest BCUT2D eigenvalue weighted by Gasteiger charge is 2.14. The van der Waals surface area contributed by atoms with Gasteiger partial charge < -0.3 is 15.0 Å². The molecule has 0 aliphatic heterocycles. The van der Waals surface area contributed by atoms with E-state index in [0.29, 0.717) is 5.56 Å². The number of anilines is 2. The summed E-state index contributed by atoms with van der Waals surface area (Å²) in [6.45, 7) is 1.98. The highest BCUT2D eigenvalue weighted by molar-refractivity contribution is 6.06. The van der Waals surface area contributed by atoms with Crippen LogP contribution in [0.15, 0.2) is 42.5 Å². The second-order valence-corrected chi connectivity index (χ2v) is 4.85. The van der Waals surface area contributed by atoms with Gasteiger partial charge in [0.1, 0.15) is 5.75 Å². The van der Waals surface area contributed by atoms with Crippen LogP contribution in [-0.4, -0.2) is 27.1 Å². The first-order valence-electron chi connectivity index (χ1n) is 6.77. The number of carbonyl (C=O) groups excluding carboxylic acids is 1. The van der Waals surface area contributed by atoms with Crippen LogP contribution in [0.3, 0.4) is 0 Å². The summed E-state index contributed by atoms with van der Waals surface area (Å²) >= 11 is 0. The first-order valence-corrected chi connectivity index (χ1v) is 6.77. The van der Waals surface area contributed by atoms with Gasteiger partial charge in [-0.3, -0.25) is 4.79 Å². The summed E-state index contributed by atoms with van der Waals surface area (Å²) < 4.78 is 5.19. The quantitative estimate of drug-likeness (QED) is 0.936. The fourth-order valence-corrected chi connectivity index (χ4v) is 2.21. The molecule has 2 aromatic carbocycles. The standard InChI is InChI=1S/C17H20N2O2/c1-12-10-13(8-9-16(12)18-2)17(20)19(3)14-6-5-7-15(11-14)21-4/h5-11,18H,1-4H3. The van der Waals surface area contributed by atoms with Gasteiger partial charge in [-0.2, -0.15) is 0 Å². The zero-order valence-electron chi connectivity index (χ0n) is 12.8. The summed E-state index contributed by atoms with van der Waals surface area (Å²) in [6.07, 6.45) is 0. The molecule has 2 rings (SSSR count). The number of carbonyl (C=O) groups is 1. The number of rotatable bonds is 4. The first kappa shape index (κ1) is 14.9. The van der Waals surface area contributed by atoms with Crippen molar-refractivity contribution in [3.05, 3.63) is 53.6 Å². The van der Waals surface area contributed by atoms with Crippen molar-refractivity contribution in [3.63, 3.8) is 0 Å². The Morgan fingerprint density at radius 2 is 1.95 bits per heavy atom. The maximum absolute atomic E-state index is 12.6. The molecule has 0 aliphatic carbocycles. The van der Waals surface area contributed by atoms with E-state index in [0.717, 1.165) is 22.7 Å². The lowest BCUT2D eigenvalue weighted by molar-refractivity contribution is 0.0993. The van der Waals surface area contributed by atoms with E-state index in [1.54, 1.807) is 19.1 Å². The number of methoxy groups -OCH3 is 1. The summed E-state index contributed by atoms with van der Waals surface area (Å²) in [4.78, 5) is 14.2. The molecule has 1 amide bonds. The van der Waals surface area contributed by atoms with Crippen molar-refractivity contribution >= 4 is 17.3 Å². The normalized spacial score (nSPS) is 10.1. The largest absolute Gasteiger partial charge is 0.497 e. The van der Waals surface area contributed by atoms with Crippen molar-refractivity contribution < 1.29 is 9.53 Å². The molecule has 4 nitrogen and oxygen atoms in total. The van der Waals surface area contributed by atoms with Crippen molar-refractivity contribution in [2.45, 2.75) is 6.92 Å². The van der Waals surface area contributed by atoms with Crippen molar-refractivity contribution in [2.75, 3.05) is 31.4 Å². The molecule has 0 spiro atoms. The number of hydrogen-bond acceptors (Lipinski definition) is 3. The Morgan fingerprint density at radius 1 is 1.19 bits per heavy atom. The van der Waals surface area contributed by atoms with E-state index in [1.807, 2.05) is 56.4 Å². The summed E-state index contributed by atoms with van der Waals surface area (Å²) in [7, 11) is 5.24. The lowest BCUT2D eigenvalue weighted by Gasteiger charge is -2.18. The first-order chi connectivity index (χ1) is 10.1. The molecule has 0 atom stereocenters. The lowest BCUT2D eigenvalue weighted by atomic mass is 10.1. The van der Waals surface area contributed by atoms with E-state index in [9.17, 15) is 4.79 Å². The van der Waals surface area contributed by atoms with Crippen molar-refractivity contribution in [1.29, 1.82) is 0 Å². The van der Waals surface area contributed by atoms with Gasteiger partial charge in [0.05, 0.1) is 7.11 Å². The van der Waals surface area contributed by atoms with E-state index in [1.165, 1.54) is 0 Å². The Kier molecular flexibility index (Phi) is 4.48. The van der Waals surface area contributed by atoms with Crippen LogP contribution >= 0.6 is 0 Å². The SMILES string of the molecule is CNc1ccc(C(=O)N(C)c2cccc(OC)c2)cc1C. The van der Waals surface area contributed by atoms with Gasteiger partial charge in [-0.05, 0) is 42.8 Å². The molecule has 0 fully saturated rings. The summed E-state index contributed by atoms with van der Waals surface area (Å²) in [5.41, 5.74) is 3.53. The minimum absolute atomic E-state index is 0.0472. The zero-order chi connectivity index (χ0) is 15.4. The van der Waals surface area contributed by atoms with Crippen molar-refractivity contribution in [1.82, 2.24) is 0 Å². The molecule has 0 heterocycles. The van der Waals surface area contributed by atoms with E-state index in [-0.39, 0.29) is 5.91 Å². The van der Waals surface area contributed by atoms with Gasteiger partial charge in [0.15, 0.2) is 0 Å². The predicted octanol–water partition coefficient (Wildman–Crippen LogP) is 3.32. The molecule has 21 heavy (non-hydrogen) atoms. The van der Waals surface area contributed by atoms with Gasteiger partial charge in [-0.1, -0.05) is 6.07 Å². The molecule has 110 valence electrons. The fourth-order valence-electron chi connectivity index (χ4n) is 2.21. The maximum Gasteiger partial charge on any atom is 0.258 e. The molecule has 0 radical (unpaired) electrons.